The van der Waals surface area contributed by atoms with E-state index in [1.54, 1.807) is 12.0 Å². The Balaban J connectivity index is 1.89. The van der Waals surface area contributed by atoms with E-state index in [0.717, 1.165) is 43.2 Å². The van der Waals surface area contributed by atoms with Crippen LogP contribution in [-0.2, 0) is 21.5 Å². The van der Waals surface area contributed by atoms with Gasteiger partial charge in [-0.1, -0.05) is 23.8 Å². The third kappa shape index (κ3) is 2.13. The second kappa shape index (κ2) is 5.81. The first-order chi connectivity index (χ1) is 12.3. The molecule has 1 unspecified atom stereocenters. The number of ether oxygens (including phenoxy) is 1. The Labute approximate surface area is 155 Å². The van der Waals surface area contributed by atoms with Gasteiger partial charge in [0.15, 0.2) is 11.5 Å². The normalized spacial score (nSPS) is 33.4. The standard InChI is InChI=1S/C21H29N3O2/c1-13(2)24-18(25)21(23-19(24)22)17-11-14(3)5-6-15(17)12-20(21)9-7-16(26-4)8-10-20/h5-6,11,13,16H,7-10,12H2,1-4H3,(H2,22,23). The van der Waals surface area contributed by atoms with E-state index in [1.807, 2.05) is 13.8 Å². The van der Waals surface area contributed by atoms with Crippen LogP contribution in [0.5, 0.6) is 0 Å². The molecule has 26 heavy (non-hydrogen) atoms. The molecule has 5 heteroatoms. The van der Waals surface area contributed by atoms with Gasteiger partial charge in [-0.15, -0.1) is 0 Å². The lowest BCUT2D eigenvalue weighted by molar-refractivity contribution is -0.139. The zero-order chi connectivity index (χ0) is 18.7. The van der Waals surface area contributed by atoms with Crippen LogP contribution in [0.25, 0.3) is 0 Å². The SMILES string of the molecule is COC1CCC2(CC1)Cc1ccc(C)cc1C21N=C(N)N(C(C)C)C1=O. The molecule has 1 aliphatic heterocycles. The van der Waals surface area contributed by atoms with Gasteiger partial charge in [0.2, 0.25) is 0 Å². The molecular formula is C21H29N3O2. The second-order valence-electron chi connectivity index (χ2n) is 8.50. The Kier molecular flexibility index (Phi) is 3.92. The number of nitrogens with two attached hydrogens (primary N) is 1. The van der Waals surface area contributed by atoms with E-state index in [-0.39, 0.29) is 23.5 Å². The van der Waals surface area contributed by atoms with Crippen molar-refractivity contribution in [1.29, 1.82) is 0 Å². The van der Waals surface area contributed by atoms with Crippen LogP contribution in [0, 0.1) is 12.3 Å². The van der Waals surface area contributed by atoms with Gasteiger partial charge in [0.05, 0.1) is 6.10 Å². The molecule has 0 radical (unpaired) electrons. The number of rotatable bonds is 2. The number of amides is 1. The van der Waals surface area contributed by atoms with Crippen LogP contribution in [0.15, 0.2) is 23.2 Å². The van der Waals surface area contributed by atoms with Crippen molar-refractivity contribution >= 4 is 11.9 Å². The van der Waals surface area contributed by atoms with Crippen LogP contribution in [0.1, 0.15) is 56.2 Å². The molecule has 1 amide bonds. The molecule has 1 atom stereocenters. The Morgan fingerprint density at radius 3 is 2.58 bits per heavy atom. The van der Waals surface area contributed by atoms with Gasteiger partial charge in [-0.3, -0.25) is 9.69 Å². The molecule has 1 fully saturated rings. The fraction of sp³-hybridized carbons (Fsp3) is 0.619. The van der Waals surface area contributed by atoms with Crippen LogP contribution >= 0.6 is 0 Å². The highest BCUT2D eigenvalue weighted by Crippen LogP contribution is 2.62. The van der Waals surface area contributed by atoms with E-state index >= 15 is 0 Å². The highest BCUT2D eigenvalue weighted by atomic mass is 16.5. The molecule has 2 spiro atoms. The van der Waals surface area contributed by atoms with Crippen LogP contribution in [0.4, 0.5) is 0 Å². The molecule has 2 aliphatic carbocycles. The molecule has 3 aliphatic rings. The van der Waals surface area contributed by atoms with Crippen molar-refractivity contribution in [2.75, 3.05) is 7.11 Å². The number of benzene rings is 1. The summed E-state index contributed by atoms with van der Waals surface area (Å²) < 4.78 is 5.59. The minimum atomic E-state index is -0.860. The summed E-state index contributed by atoms with van der Waals surface area (Å²) in [6.07, 6.45) is 4.99. The van der Waals surface area contributed by atoms with Crippen LogP contribution < -0.4 is 5.73 Å². The summed E-state index contributed by atoms with van der Waals surface area (Å²) in [6, 6.07) is 6.48. The molecule has 2 N–H and O–H groups in total. The number of nitrogens with zero attached hydrogens (tertiary/aromatic N) is 2. The van der Waals surface area contributed by atoms with Crippen molar-refractivity contribution in [2.24, 2.45) is 16.1 Å². The molecule has 1 heterocycles. The predicted molar refractivity (Wildman–Crippen MR) is 102 cm³/mol. The summed E-state index contributed by atoms with van der Waals surface area (Å²) in [4.78, 5) is 20.4. The number of aliphatic imine (C=N–C) groups is 1. The lowest BCUT2D eigenvalue weighted by Gasteiger charge is -2.45. The second-order valence-corrected chi connectivity index (χ2v) is 8.50. The zero-order valence-electron chi connectivity index (χ0n) is 16.2. The number of carbonyl (C=O) groups is 1. The Hall–Kier alpha value is -1.88. The smallest absolute Gasteiger partial charge is 0.262 e. The molecule has 0 saturated heterocycles. The largest absolute Gasteiger partial charge is 0.381 e. The fourth-order valence-corrected chi connectivity index (χ4v) is 5.45. The van der Waals surface area contributed by atoms with Gasteiger partial charge >= 0.3 is 0 Å². The van der Waals surface area contributed by atoms with Gasteiger partial charge in [-0.25, -0.2) is 4.99 Å². The Morgan fingerprint density at radius 1 is 1.31 bits per heavy atom. The zero-order valence-corrected chi connectivity index (χ0v) is 16.2. The molecule has 0 aromatic heterocycles. The van der Waals surface area contributed by atoms with Gasteiger partial charge in [-0.05, 0) is 64.0 Å². The fourth-order valence-electron chi connectivity index (χ4n) is 5.45. The van der Waals surface area contributed by atoms with Crippen LogP contribution in [0.2, 0.25) is 0 Å². The highest BCUT2D eigenvalue weighted by molar-refractivity contribution is 6.08. The van der Waals surface area contributed by atoms with E-state index in [1.165, 1.54) is 5.56 Å². The first kappa shape index (κ1) is 17.5. The summed E-state index contributed by atoms with van der Waals surface area (Å²) >= 11 is 0. The first-order valence-electron chi connectivity index (χ1n) is 9.66. The first-order valence-corrected chi connectivity index (χ1v) is 9.66. The van der Waals surface area contributed by atoms with Gasteiger partial charge in [0, 0.05) is 18.6 Å². The summed E-state index contributed by atoms with van der Waals surface area (Å²) in [5, 5.41) is 0. The quantitative estimate of drug-likeness (QED) is 0.887. The summed E-state index contributed by atoms with van der Waals surface area (Å²) in [5.74, 6) is 0.429. The average molecular weight is 355 g/mol. The maximum absolute atomic E-state index is 13.8. The number of guanidine groups is 1. The molecular weight excluding hydrogens is 326 g/mol. The van der Waals surface area contributed by atoms with E-state index in [9.17, 15) is 4.79 Å². The summed E-state index contributed by atoms with van der Waals surface area (Å²) in [7, 11) is 1.78. The van der Waals surface area contributed by atoms with Gasteiger partial charge in [0.25, 0.3) is 5.91 Å². The number of fused-ring (bicyclic) bond motifs is 3. The number of hydrogen-bond acceptors (Lipinski definition) is 4. The third-order valence-electron chi connectivity index (χ3n) is 6.75. The lowest BCUT2D eigenvalue weighted by atomic mass is 9.61. The maximum Gasteiger partial charge on any atom is 0.262 e. The average Bonchev–Trinajstić information content (AvgIpc) is 3.02. The van der Waals surface area contributed by atoms with Gasteiger partial charge in [0.1, 0.15) is 0 Å². The summed E-state index contributed by atoms with van der Waals surface area (Å²) in [6.45, 7) is 6.08. The van der Waals surface area contributed by atoms with Crippen molar-refractivity contribution in [2.45, 2.75) is 70.6 Å². The molecule has 1 saturated carbocycles. The van der Waals surface area contributed by atoms with Crippen LogP contribution in [0.3, 0.4) is 0 Å². The topological polar surface area (TPSA) is 67.9 Å². The van der Waals surface area contributed by atoms with Crippen molar-refractivity contribution < 1.29 is 9.53 Å². The number of methoxy groups -OCH3 is 1. The van der Waals surface area contributed by atoms with Crippen molar-refractivity contribution in [3.8, 4) is 0 Å². The van der Waals surface area contributed by atoms with Gasteiger partial charge < -0.3 is 10.5 Å². The van der Waals surface area contributed by atoms with Crippen molar-refractivity contribution in [3.63, 3.8) is 0 Å². The van der Waals surface area contributed by atoms with E-state index in [4.69, 9.17) is 15.5 Å². The number of carbonyl (C=O) groups excluding carboxylic acids is 1. The van der Waals surface area contributed by atoms with E-state index in [2.05, 4.69) is 25.1 Å². The molecule has 1 aromatic rings. The lowest BCUT2D eigenvalue weighted by Crippen LogP contribution is -2.53. The van der Waals surface area contributed by atoms with Crippen LogP contribution in [-0.4, -0.2) is 36.0 Å². The third-order valence-corrected chi connectivity index (χ3v) is 6.75. The molecule has 4 rings (SSSR count). The molecule has 1 aromatic carbocycles. The number of aryl methyl sites for hydroxylation is 1. The minimum absolute atomic E-state index is 0.00634. The Bertz CT molecular complexity index is 777. The molecule has 140 valence electrons. The highest BCUT2D eigenvalue weighted by Gasteiger charge is 2.66. The maximum atomic E-state index is 13.8. The van der Waals surface area contributed by atoms with Crippen molar-refractivity contribution in [3.05, 3.63) is 34.9 Å². The monoisotopic (exact) mass is 355 g/mol. The van der Waals surface area contributed by atoms with E-state index in [0.29, 0.717) is 5.96 Å². The minimum Gasteiger partial charge on any atom is -0.381 e. The van der Waals surface area contributed by atoms with Gasteiger partial charge in [-0.2, -0.15) is 0 Å². The predicted octanol–water partition coefficient (Wildman–Crippen LogP) is 2.89. The summed E-state index contributed by atoms with van der Waals surface area (Å²) in [5.41, 5.74) is 8.73. The molecule has 0 bridgehead atoms. The Morgan fingerprint density at radius 2 is 2.00 bits per heavy atom. The van der Waals surface area contributed by atoms with E-state index < -0.39 is 5.54 Å². The number of hydrogen-bond donors (Lipinski definition) is 1. The molecule has 5 nitrogen and oxygen atoms in total. The van der Waals surface area contributed by atoms with Crippen molar-refractivity contribution in [1.82, 2.24) is 4.90 Å².